The summed E-state index contributed by atoms with van der Waals surface area (Å²) in [6, 6.07) is 6.24. The van der Waals surface area contributed by atoms with E-state index in [4.69, 9.17) is 4.42 Å². The van der Waals surface area contributed by atoms with Crippen molar-refractivity contribution in [3.8, 4) is 0 Å². The van der Waals surface area contributed by atoms with E-state index in [1.54, 1.807) is 6.20 Å². The smallest absolute Gasteiger partial charge is 0.191 e. The summed E-state index contributed by atoms with van der Waals surface area (Å²) in [4.78, 5) is 12.0. The number of nitrogens with zero attached hydrogens (tertiary/aromatic N) is 2. The second-order valence-electron chi connectivity index (χ2n) is 4.55. The van der Waals surface area contributed by atoms with E-state index in [0.29, 0.717) is 5.89 Å². The van der Waals surface area contributed by atoms with Crippen molar-refractivity contribution >= 4 is 11.0 Å². The van der Waals surface area contributed by atoms with Crippen LogP contribution in [-0.2, 0) is 12.8 Å². The lowest BCUT2D eigenvalue weighted by Crippen LogP contribution is -1.91. The highest BCUT2D eigenvalue weighted by atomic mass is 16.3. The summed E-state index contributed by atoms with van der Waals surface area (Å²) >= 11 is 0. The highest BCUT2D eigenvalue weighted by molar-refractivity contribution is 5.75. The number of H-pyrrole nitrogens is 1. The maximum absolute atomic E-state index is 5.45. The van der Waals surface area contributed by atoms with Gasteiger partial charge >= 0.3 is 0 Å². The van der Waals surface area contributed by atoms with Gasteiger partial charge in [-0.3, -0.25) is 0 Å². The molecule has 0 radical (unpaired) electrons. The Kier molecular flexibility index (Phi) is 2.63. The van der Waals surface area contributed by atoms with E-state index in [1.807, 2.05) is 13.0 Å². The lowest BCUT2D eigenvalue weighted by Gasteiger charge is -1.93. The molecule has 18 heavy (non-hydrogen) atoms. The lowest BCUT2D eigenvalue weighted by molar-refractivity contribution is 0.473. The van der Waals surface area contributed by atoms with Gasteiger partial charge in [0, 0.05) is 19.8 Å². The van der Waals surface area contributed by atoms with Crippen LogP contribution in [0.4, 0.5) is 0 Å². The third-order valence-corrected chi connectivity index (χ3v) is 2.96. The zero-order valence-electron chi connectivity index (χ0n) is 10.5. The molecule has 4 heteroatoms. The van der Waals surface area contributed by atoms with E-state index in [2.05, 4.69) is 34.0 Å². The van der Waals surface area contributed by atoms with E-state index in [0.717, 1.165) is 35.5 Å². The SMILES string of the molecule is Cc1ccc2nc(CCc3cnc(C)o3)[nH]c2c1. The number of benzene rings is 1. The zero-order chi connectivity index (χ0) is 12.5. The van der Waals surface area contributed by atoms with Crippen molar-refractivity contribution in [3.63, 3.8) is 0 Å². The van der Waals surface area contributed by atoms with Crippen LogP contribution in [0.15, 0.2) is 28.8 Å². The third kappa shape index (κ3) is 2.14. The van der Waals surface area contributed by atoms with E-state index in [-0.39, 0.29) is 0 Å². The van der Waals surface area contributed by atoms with Gasteiger partial charge in [-0.2, -0.15) is 0 Å². The molecule has 92 valence electrons. The fourth-order valence-corrected chi connectivity index (χ4v) is 2.06. The van der Waals surface area contributed by atoms with Crippen molar-refractivity contribution in [1.29, 1.82) is 0 Å². The Morgan fingerprint density at radius 2 is 2.11 bits per heavy atom. The number of aromatic amines is 1. The van der Waals surface area contributed by atoms with Crippen LogP contribution in [-0.4, -0.2) is 15.0 Å². The van der Waals surface area contributed by atoms with Crippen molar-refractivity contribution in [3.05, 3.63) is 47.4 Å². The molecule has 3 aromatic rings. The first-order valence-electron chi connectivity index (χ1n) is 6.07. The molecule has 0 aliphatic heterocycles. The van der Waals surface area contributed by atoms with Gasteiger partial charge in [-0.15, -0.1) is 0 Å². The van der Waals surface area contributed by atoms with Crippen LogP contribution >= 0.6 is 0 Å². The molecule has 2 heterocycles. The first-order chi connectivity index (χ1) is 8.70. The molecule has 0 unspecified atom stereocenters. The largest absolute Gasteiger partial charge is 0.446 e. The summed E-state index contributed by atoms with van der Waals surface area (Å²) < 4.78 is 5.45. The minimum atomic E-state index is 0.713. The van der Waals surface area contributed by atoms with Gasteiger partial charge in [0.2, 0.25) is 0 Å². The van der Waals surface area contributed by atoms with Gasteiger partial charge in [0.25, 0.3) is 0 Å². The Labute approximate surface area is 105 Å². The molecule has 0 bridgehead atoms. The second kappa shape index (κ2) is 4.29. The van der Waals surface area contributed by atoms with Gasteiger partial charge in [-0.1, -0.05) is 6.07 Å². The minimum absolute atomic E-state index is 0.713. The Morgan fingerprint density at radius 3 is 2.89 bits per heavy atom. The number of oxazole rings is 1. The predicted octanol–water partition coefficient (Wildman–Crippen LogP) is 2.95. The number of fused-ring (bicyclic) bond motifs is 1. The monoisotopic (exact) mass is 241 g/mol. The van der Waals surface area contributed by atoms with Gasteiger partial charge in [0.15, 0.2) is 5.89 Å². The van der Waals surface area contributed by atoms with Crippen molar-refractivity contribution in [2.24, 2.45) is 0 Å². The molecule has 0 aliphatic carbocycles. The number of aromatic nitrogens is 3. The van der Waals surface area contributed by atoms with Crippen LogP contribution in [0.25, 0.3) is 11.0 Å². The number of nitrogens with one attached hydrogen (secondary N) is 1. The molecule has 0 atom stereocenters. The average molecular weight is 241 g/mol. The summed E-state index contributed by atoms with van der Waals surface area (Å²) in [6.45, 7) is 3.94. The van der Waals surface area contributed by atoms with E-state index >= 15 is 0 Å². The van der Waals surface area contributed by atoms with Crippen LogP contribution < -0.4 is 0 Å². The van der Waals surface area contributed by atoms with Gasteiger partial charge in [-0.05, 0) is 24.6 Å². The molecule has 0 saturated heterocycles. The van der Waals surface area contributed by atoms with Crippen LogP contribution in [0.3, 0.4) is 0 Å². The summed E-state index contributed by atoms with van der Waals surface area (Å²) in [5, 5.41) is 0. The molecular formula is C14H15N3O. The minimum Gasteiger partial charge on any atom is -0.446 e. The molecule has 3 rings (SSSR count). The third-order valence-electron chi connectivity index (χ3n) is 2.96. The lowest BCUT2D eigenvalue weighted by atomic mass is 10.2. The predicted molar refractivity (Wildman–Crippen MR) is 69.5 cm³/mol. The topological polar surface area (TPSA) is 54.7 Å². The van der Waals surface area contributed by atoms with Crippen LogP contribution in [0.2, 0.25) is 0 Å². The first-order valence-corrected chi connectivity index (χ1v) is 6.07. The fourth-order valence-electron chi connectivity index (χ4n) is 2.06. The van der Waals surface area contributed by atoms with Crippen LogP contribution in [0, 0.1) is 13.8 Å². The molecule has 2 aromatic heterocycles. The van der Waals surface area contributed by atoms with Gasteiger partial charge in [0.1, 0.15) is 11.6 Å². The van der Waals surface area contributed by atoms with Crippen molar-refractivity contribution in [2.45, 2.75) is 26.7 Å². The number of imidazole rings is 1. The van der Waals surface area contributed by atoms with E-state index in [1.165, 1.54) is 5.56 Å². The molecule has 1 aromatic carbocycles. The summed E-state index contributed by atoms with van der Waals surface area (Å²) in [5.41, 5.74) is 3.35. The highest BCUT2D eigenvalue weighted by Crippen LogP contribution is 2.14. The Bertz CT molecular complexity index is 681. The average Bonchev–Trinajstić information content (AvgIpc) is 2.92. The summed E-state index contributed by atoms with van der Waals surface area (Å²) in [5.74, 6) is 2.61. The number of hydrogen-bond acceptors (Lipinski definition) is 3. The Morgan fingerprint density at radius 1 is 1.22 bits per heavy atom. The van der Waals surface area contributed by atoms with E-state index in [9.17, 15) is 0 Å². The summed E-state index contributed by atoms with van der Waals surface area (Å²) in [6.07, 6.45) is 3.43. The van der Waals surface area contributed by atoms with Crippen molar-refractivity contribution < 1.29 is 4.42 Å². The van der Waals surface area contributed by atoms with Gasteiger partial charge < -0.3 is 9.40 Å². The maximum Gasteiger partial charge on any atom is 0.191 e. The van der Waals surface area contributed by atoms with Crippen LogP contribution in [0.1, 0.15) is 23.0 Å². The second-order valence-corrected chi connectivity index (χ2v) is 4.55. The maximum atomic E-state index is 5.45. The number of rotatable bonds is 3. The molecular weight excluding hydrogens is 226 g/mol. The first kappa shape index (κ1) is 11.0. The standard InChI is InChI=1S/C14H15N3O/c1-9-3-5-12-13(7-9)17-14(16-12)6-4-11-8-15-10(2)18-11/h3,5,7-8H,4,6H2,1-2H3,(H,16,17). The highest BCUT2D eigenvalue weighted by Gasteiger charge is 2.05. The molecule has 0 amide bonds. The van der Waals surface area contributed by atoms with Gasteiger partial charge in [-0.25, -0.2) is 9.97 Å². The molecule has 0 aliphatic rings. The van der Waals surface area contributed by atoms with Crippen molar-refractivity contribution in [1.82, 2.24) is 15.0 Å². The fraction of sp³-hybridized carbons (Fsp3) is 0.286. The van der Waals surface area contributed by atoms with Gasteiger partial charge in [0.05, 0.1) is 17.2 Å². The van der Waals surface area contributed by atoms with Crippen molar-refractivity contribution in [2.75, 3.05) is 0 Å². The normalized spacial score (nSPS) is 11.2. The quantitative estimate of drug-likeness (QED) is 0.767. The molecule has 0 saturated carbocycles. The molecule has 1 N–H and O–H groups in total. The van der Waals surface area contributed by atoms with E-state index < -0.39 is 0 Å². The van der Waals surface area contributed by atoms with Crippen LogP contribution in [0.5, 0.6) is 0 Å². The zero-order valence-corrected chi connectivity index (χ0v) is 10.5. The Hall–Kier alpha value is -2.10. The molecule has 0 spiro atoms. The molecule has 0 fully saturated rings. The number of aryl methyl sites for hydroxylation is 4. The molecule has 4 nitrogen and oxygen atoms in total. The summed E-state index contributed by atoms with van der Waals surface area (Å²) in [7, 11) is 0. The number of hydrogen-bond donors (Lipinski definition) is 1. The Balaban J connectivity index is 1.78.